The lowest BCUT2D eigenvalue weighted by Gasteiger charge is -2.23. The van der Waals surface area contributed by atoms with Crippen molar-refractivity contribution in [3.05, 3.63) is 35.4 Å². The minimum absolute atomic E-state index is 0.0818. The normalized spacial score (nSPS) is 18.9. The van der Waals surface area contributed by atoms with E-state index in [1.807, 2.05) is 19.9 Å². The van der Waals surface area contributed by atoms with E-state index in [0.717, 1.165) is 12.8 Å². The molecular formula is C13H19NO. The molecule has 2 heteroatoms. The van der Waals surface area contributed by atoms with Gasteiger partial charge in [0, 0.05) is 11.0 Å². The summed E-state index contributed by atoms with van der Waals surface area (Å²) in [6, 6.07) is 8.33. The summed E-state index contributed by atoms with van der Waals surface area (Å²) in [5, 5.41) is 9.33. The molecule has 0 aliphatic heterocycles. The fourth-order valence-electron chi connectivity index (χ4n) is 1.76. The van der Waals surface area contributed by atoms with Gasteiger partial charge in [-0.2, -0.15) is 0 Å². The van der Waals surface area contributed by atoms with Crippen molar-refractivity contribution in [3.8, 4) is 0 Å². The van der Waals surface area contributed by atoms with Crippen molar-refractivity contribution in [1.29, 1.82) is 0 Å². The van der Waals surface area contributed by atoms with Crippen molar-refractivity contribution >= 4 is 0 Å². The highest BCUT2D eigenvalue weighted by Crippen LogP contribution is 2.43. The van der Waals surface area contributed by atoms with Gasteiger partial charge >= 0.3 is 0 Å². The summed E-state index contributed by atoms with van der Waals surface area (Å²) in [5.74, 6) is 0. The monoisotopic (exact) mass is 205 g/mol. The van der Waals surface area contributed by atoms with E-state index in [0.29, 0.717) is 0 Å². The van der Waals surface area contributed by atoms with Gasteiger partial charge in [-0.15, -0.1) is 0 Å². The minimum Gasteiger partial charge on any atom is -0.395 e. The number of benzene rings is 1. The zero-order chi connectivity index (χ0) is 11.1. The summed E-state index contributed by atoms with van der Waals surface area (Å²) < 4.78 is 0. The SMILES string of the molecule is CC(C)(CO)c1cccc(C2(N)CC2)c1. The molecule has 0 aromatic heterocycles. The van der Waals surface area contributed by atoms with Crippen LogP contribution in [0, 0.1) is 0 Å². The quantitative estimate of drug-likeness (QED) is 0.791. The van der Waals surface area contributed by atoms with Crippen LogP contribution >= 0.6 is 0 Å². The largest absolute Gasteiger partial charge is 0.395 e. The molecule has 0 unspecified atom stereocenters. The molecule has 0 saturated heterocycles. The average molecular weight is 205 g/mol. The molecule has 2 nitrogen and oxygen atoms in total. The molecule has 3 N–H and O–H groups in total. The van der Waals surface area contributed by atoms with Gasteiger partial charge in [0.15, 0.2) is 0 Å². The van der Waals surface area contributed by atoms with Crippen molar-refractivity contribution in [2.75, 3.05) is 6.61 Å². The highest BCUT2D eigenvalue weighted by atomic mass is 16.3. The lowest BCUT2D eigenvalue weighted by atomic mass is 9.84. The predicted octanol–water partition coefficient (Wildman–Crippen LogP) is 1.90. The fourth-order valence-corrected chi connectivity index (χ4v) is 1.76. The molecule has 82 valence electrons. The molecule has 15 heavy (non-hydrogen) atoms. The lowest BCUT2D eigenvalue weighted by molar-refractivity contribution is 0.218. The third-order valence-corrected chi connectivity index (χ3v) is 3.40. The molecule has 2 rings (SSSR count). The second-order valence-electron chi connectivity index (χ2n) is 5.28. The van der Waals surface area contributed by atoms with Crippen LogP contribution in [0.25, 0.3) is 0 Å². The van der Waals surface area contributed by atoms with Gasteiger partial charge in [-0.1, -0.05) is 38.1 Å². The molecule has 0 spiro atoms. The van der Waals surface area contributed by atoms with Crippen LogP contribution in [0.15, 0.2) is 24.3 Å². The van der Waals surface area contributed by atoms with Crippen LogP contribution in [-0.2, 0) is 11.0 Å². The molecule has 0 amide bonds. The fraction of sp³-hybridized carbons (Fsp3) is 0.538. The van der Waals surface area contributed by atoms with Crippen LogP contribution in [0.3, 0.4) is 0 Å². The molecule has 1 saturated carbocycles. The van der Waals surface area contributed by atoms with Crippen molar-refractivity contribution in [1.82, 2.24) is 0 Å². The van der Waals surface area contributed by atoms with Gasteiger partial charge in [-0.3, -0.25) is 0 Å². The molecule has 1 aliphatic rings. The summed E-state index contributed by atoms with van der Waals surface area (Å²) in [5.41, 5.74) is 8.27. The van der Waals surface area contributed by atoms with E-state index >= 15 is 0 Å². The first kappa shape index (κ1) is 10.7. The van der Waals surface area contributed by atoms with Crippen molar-refractivity contribution in [3.63, 3.8) is 0 Å². The second kappa shape index (κ2) is 3.32. The summed E-state index contributed by atoms with van der Waals surface area (Å²) in [7, 11) is 0. The van der Waals surface area contributed by atoms with Gasteiger partial charge in [-0.25, -0.2) is 0 Å². The summed E-state index contributed by atoms with van der Waals surface area (Å²) in [6.07, 6.45) is 2.16. The minimum atomic E-state index is -0.179. The Kier molecular flexibility index (Phi) is 2.36. The molecule has 0 bridgehead atoms. The summed E-state index contributed by atoms with van der Waals surface area (Å²) in [6.45, 7) is 4.25. The summed E-state index contributed by atoms with van der Waals surface area (Å²) in [4.78, 5) is 0. The Morgan fingerprint density at radius 1 is 1.40 bits per heavy atom. The maximum Gasteiger partial charge on any atom is 0.0522 e. The average Bonchev–Trinajstić information content (AvgIpc) is 2.98. The van der Waals surface area contributed by atoms with Gasteiger partial charge in [0.2, 0.25) is 0 Å². The first-order valence-electron chi connectivity index (χ1n) is 5.49. The van der Waals surface area contributed by atoms with Gasteiger partial charge in [-0.05, 0) is 24.0 Å². The van der Waals surface area contributed by atoms with Gasteiger partial charge < -0.3 is 10.8 Å². The van der Waals surface area contributed by atoms with Gasteiger partial charge in [0.1, 0.15) is 0 Å². The Labute approximate surface area is 91.1 Å². The predicted molar refractivity (Wildman–Crippen MR) is 61.7 cm³/mol. The smallest absolute Gasteiger partial charge is 0.0522 e. The lowest BCUT2D eigenvalue weighted by Crippen LogP contribution is -2.24. The number of rotatable bonds is 3. The van der Waals surface area contributed by atoms with Crippen molar-refractivity contribution in [2.45, 2.75) is 37.6 Å². The number of hydrogen-bond acceptors (Lipinski definition) is 2. The first-order chi connectivity index (χ1) is 6.98. The van der Waals surface area contributed by atoms with Crippen LogP contribution in [0.4, 0.5) is 0 Å². The number of hydrogen-bond donors (Lipinski definition) is 2. The van der Waals surface area contributed by atoms with Crippen LogP contribution < -0.4 is 5.73 Å². The Hall–Kier alpha value is -0.860. The zero-order valence-corrected chi connectivity index (χ0v) is 9.46. The highest BCUT2D eigenvalue weighted by molar-refractivity contribution is 5.36. The Morgan fingerprint density at radius 3 is 2.60 bits per heavy atom. The van der Waals surface area contributed by atoms with Gasteiger partial charge in [0.25, 0.3) is 0 Å². The van der Waals surface area contributed by atoms with E-state index < -0.39 is 0 Å². The number of nitrogens with two attached hydrogens (primary N) is 1. The maximum absolute atomic E-state index is 9.33. The maximum atomic E-state index is 9.33. The zero-order valence-electron chi connectivity index (χ0n) is 9.46. The van der Waals surface area contributed by atoms with Crippen molar-refractivity contribution in [2.24, 2.45) is 5.73 Å². The third kappa shape index (κ3) is 1.92. The third-order valence-electron chi connectivity index (χ3n) is 3.40. The molecule has 1 aromatic carbocycles. The first-order valence-corrected chi connectivity index (χ1v) is 5.49. The number of aliphatic hydroxyl groups excluding tert-OH is 1. The molecular weight excluding hydrogens is 186 g/mol. The van der Waals surface area contributed by atoms with Gasteiger partial charge in [0.05, 0.1) is 6.61 Å². The van der Waals surface area contributed by atoms with Crippen LogP contribution in [0.2, 0.25) is 0 Å². The Balaban J connectivity index is 2.35. The van der Waals surface area contributed by atoms with Crippen LogP contribution in [0.5, 0.6) is 0 Å². The highest BCUT2D eigenvalue weighted by Gasteiger charge is 2.40. The van der Waals surface area contributed by atoms with E-state index in [9.17, 15) is 5.11 Å². The topological polar surface area (TPSA) is 46.2 Å². The van der Waals surface area contributed by atoms with E-state index in [4.69, 9.17) is 5.73 Å². The van der Waals surface area contributed by atoms with E-state index in [1.54, 1.807) is 0 Å². The second-order valence-corrected chi connectivity index (χ2v) is 5.28. The van der Waals surface area contributed by atoms with Crippen LogP contribution in [-0.4, -0.2) is 11.7 Å². The molecule has 1 aromatic rings. The van der Waals surface area contributed by atoms with E-state index in [2.05, 4.69) is 18.2 Å². The molecule has 1 fully saturated rings. The molecule has 0 atom stereocenters. The Morgan fingerprint density at radius 2 is 2.07 bits per heavy atom. The van der Waals surface area contributed by atoms with E-state index in [1.165, 1.54) is 11.1 Å². The molecule has 0 radical (unpaired) electrons. The molecule has 1 aliphatic carbocycles. The Bertz CT molecular complexity index is 367. The standard InChI is InChI=1S/C13H19NO/c1-12(2,9-15)10-4-3-5-11(8-10)13(14)6-7-13/h3-5,8,15H,6-7,9,14H2,1-2H3. The van der Waals surface area contributed by atoms with E-state index in [-0.39, 0.29) is 17.6 Å². The van der Waals surface area contributed by atoms with Crippen molar-refractivity contribution < 1.29 is 5.11 Å². The molecule has 0 heterocycles. The summed E-state index contributed by atoms with van der Waals surface area (Å²) >= 11 is 0. The number of aliphatic hydroxyl groups is 1. The van der Waals surface area contributed by atoms with Crippen LogP contribution in [0.1, 0.15) is 37.8 Å².